The Hall–Kier alpha value is -0.930. The summed E-state index contributed by atoms with van der Waals surface area (Å²) < 4.78 is 1.29. The Balaban J connectivity index is 2.33. The lowest BCUT2D eigenvalue weighted by atomic mass is 9.96. The maximum absolute atomic E-state index is 4.29. The first-order valence-electron chi connectivity index (χ1n) is 5.33. The maximum atomic E-state index is 4.29. The summed E-state index contributed by atoms with van der Waals surface area (Å²) in [6.07, 6.45) is 1.17. The van der Waals surface area contributed by atoms with E-state index in [4.69, 9.17) is 0 Å². The molecular weight excluding hydrogens is 204 g/mol. The summed E-state index contributed by atoms with van der Waals surface area (Å²) in [4.78, 5) is 4.29. The zero-order chi connectivity index (χ0) is 10.7. The average molecular weight is 220 g/mol. The molecule has 15 heavy (non-hydrogen) atoms. The van der Waals surface area contributed by atoms with Gasteiger partial charge >= 0.3 is 0 Å². The number of thiazole rings is 1. The van der Waals surface area contributed by atoms with Crippen molar-refractivity contribution in [3.05, 3.63) is 29.3 Å². The van der Waals surface area contributed by atoms with Crippen LogP contribution in [0.5, 0.6) is 0 Å². The van der Waals surface area contributed by atoms with Gasteiger partial charge in [0.2, 0.25) is 0 Å². The van der Waals surface area contributed by atoms with Crippen LogP contribution in [0, 0.1) is 0 Å². The number of fused-ring (bicyclic) bond motifs is 1. The molecule has 0 aliphatic rings. The lowest BCUT2D eigenvalue weighted by molar-refractivity contribution is 0.612. The third kappa shape index (κ3) is 2.19. The maximum Gasteiger partial charge on any atom is 0.0812 e. The van der Waals surface area contributed by atoms with E-state index < -0.39 is 0 Å². The molecule has 1 N–H and O–H groups in total. The summed E-state index contributed by atoms with van der Waals surface area (Å²) in [6, 6.07) is 6.60. The van der Waals surface area contributed by atoms with Gasteiger partial charge in [-0.15, -0.1) is 11.3 Å². The molecule has 0 aliphatic carbocycles. The first kappa shape index (κ1) is 10.6. The fourth-order valence-corrected chi connectivity index (χ4v) is 2.60. The first-order valence-corrected chi connectivity index (χ1v) is 6.21. The van der Waals surface area contributed by atoms with Crippen molar-refractivity contribution in [2.45, 2.75) is 19.3 Å². The Labute approximate surface area is 94.3 Å². The smallest absolute Gasteiger partial charge is 0.0812 e. The number of nitrogens with zero attached hydrogens (tertiary/aromatic N) is 1. The molecule has 1 aromatic carbocycles. The Morgan fingerprint density at radius 2 is 2.33 bits per heavy atom. The molecule has 0 amide bonds. The highest BCUT2D eigenvalue weighted by Crippen LogP contribution is 2.25. The van der Waals surface area contributed by atoms with Crippen LogP contribution in [-0.4, -0.2) is 18.6 Å². The first-order chi connectivity index (χ1) is 7.35. The molecule has 0 radical (unpaired) electrons. The summed E-state index contributed by atoms with van der Waals surface area (Å²) in [5.74, 6) is 0.612. The van der Waals surface area contributed by atoms with Gasteiger partial charge in [-0.05, 0) is 37.1 Å². The van der Waals surface area contributed by atoms with Gasteiger partial charge in [-0.25, -0.2) is 4.98 Å². The SMILES string of the molecule is CCC(CNC)c1ccc2ncsc2c1. The normalized spacial score (nSPS) is 13.2. The zero-order valence-corrected chi connectivity index (χ0v) is 9.97. The van der Waals surface area contributed by atoms with Crippen LogP contribution in [-0.2, 0) is 0 Å². The Bertz CT molecular complexity index is 436. The third-order valence-electron chi connectivity index (χ3n) is 2.77. The van der Waals surface area contributed by atoms with E-state index in [1.54, 1.807) is 11.3 Å². The molecule has 0 bridgehead atoms. The summed E-state index contributed by atoms with van der Waals surface area (Å²) in [7, 11) is 2.01. The largest absolute Gasteiger partial charge is 0.319 e. The molecule has 80 valence electrons. The topological polar surface area (TPSA) is 24.9 Å². The molecule has 2 rings (SSSR count). The highest BCUT2D eigenvalue weighted by molar-refractivity contribution is 7.16. The van der Waals surface area contributed by atoms with Crippen LogP contribution in [0.3, 0.4) is 0 Å². The van der Waals surface area contributed by atoms with E-state index in [0.29, 0.717) is 5.92 Å². The van der Waals surface area contributed by atoms with Crippen molar-refractivity contribution in [2.75, 3.05) is 13.6 Å². The predicted molar refractivity (Wildman–Crippen MR) is 66.6 cm³/mol. The van der Waals surface area contributed by atoms with Crippen molar-refractivity contribution in [3.8, 4) is 0 Å². The molecule has 1 heterocycles. The van der Waals surface area contributed by atoms with E-state index in [0.717, 1.165) is 12.1 Å². The van der Waals surface area contributed by atoms with Crippen LogP contribution in [0.2, 0.25) is 0 Å². The van der Waals surface area contributed by atoms with Crippen LogP contribution >= 0.6 is 11.3 Å². The number of likely N-dealkylation sites (N-methyl/N-ethyl adjacent to an activating group) is 1. The van der Waals surface area contributed by atoms with Crippen LogP contribution in [0.15, 0.2) is 23.7 Å². The number of rotatable bonds is 4. The summed E-state index contributed by atoms with van der Waals surface area (Å²) in [5.41, 5.74) is 4.44. The number of benzene rings is 1. The molecule has 1 aromatic heterocycles. The number of nitrogens with one attached hydrogen (secondary N) is 1. The van der Waals surface area contributed by atoms with E-state index in [1.165, 1.54) is 16.7 Å². The summed E-state index contributed by atoms with van der Waals surface area (Å²) in [5, 5.41) is 3.25. The quantitative estimate of drug-likeness (QED) is 0.856. The van der Waals surface area contributed by atoms with Crippen LogP contribution < -0.4 is 5.32 Å². The Morgan fingerprint density at radius 1 is 1.47 bits per heavy atom. The van der Waals surface area contributed by atoms with Crippen molar-refractivity contribution < 1.29 is 0 Å². The summed E-state index contributed by atoms with van der Waals surface area (Å²) >= 11 is 1.72. The number of aromatic nitrogens is 1. The van der Waals surface area contributed by atoms with Gasteiger partial charge in [-0.1, -0.05) is 13.0 Å². The van der Waals surface area contributed by atoms with E-state index in [2.05, 4.69) is 35.4 Å². The third-order valence-corrected chi connectivity index (χ3v) is 3.56. The molecule has 2 nitrogen and oxygen atoms in total. The lowest BCUT2D eigenvalue weighted by Gasteiger charge is -2.14. The van der Waals surface area contributed by atoms with E-state index in [9.17, 15) is 0 Å². The van der Waals surface area contributed by atoms with Gasteiger partial charge in [0.25, 0.3) is 0 Å². The van der Waals surface area contributed by atoms with Crippen molar-refractivity contribution >= 4 is 21.6 Å². The van der Waals surface area contributed by atoms with Crippen LogP contribution in [0.1, 0.15) is 24.8 Å². The standard InChI is InChI=1S/C12H16N2S/c1-3-9(7-13-2)10-4-5-11-12(6-10)15-8-14-11/h4-6,8-9,13H,3,7H2,1-2H3. The fourth-order valence-electron chi connectivity index (χ4n) is 1.87. The van der Waals surface area contributed by atoms with Gasteiger partial charge < -0.3 is 5.32 Å². The minimum absolute atomic E-state index is 0.612. The van der Waals surface area contributed by atoms with E-state index >= 15 is 0 Å². The molecule has 3 heteroatoms. The summed E-state index contributed by atoms with van der Waals surface area (Å²) in [6.45, 7) is 3.28. The minimum atomic E-state index is 0.612. The molecule has 2 aromatic rings. The molecule has 0 spiro atoms. The Morgan fingerprint density at radius 3 is 3.07 bits per heavy atom. The lowest BCUT2D eigenvalue weighted by Crippen LogP contribution is -2.16. The van der Waals surface area contributed by atoms with Crippen molar-refractivity contribution in [2.24, 2.45) is 0 Å². The monoisotopic (exact) mass is 220 g/mol. The zero-order valence-electron chi connectivity index (χ0n) is 9.16. The number of hydrogen-bond acceptors (Lipinski definition) is 3. The van der Waals surface area contributed by atoms with Crippen LogP contribution in [0.25, 0.3) is 10.2 Å². The average Bonchev–Trinajstić information content (AvgIpc) is 2.72. The highest BCUT2D eigenvalue weighted by atomic mass is 32.1. The van der Waals surface area contributed by atoms with Gasteiger partial charge in [-0.3, -0.25) is 0 Å². The van der Waals surface area contributed by atoms with Gasteiger partial charge in [0.1, 0.15) is 0 Å². The minimum Gasteiger partial charge on any atom is -0.319 e. The van der Waals surface area contributed by atoms with E-state index in [-0.39, 0.29) is 0 Å². The number of hydrogen-bond donors (Lipinski definition) is 1. The molecule has 0 fully saturated rings. The second kappa shape index (κ2) is 4.73. The molecule has 1 unspecified atom stereocenters. The molecular formula is C12H16N2S. The Kier molecular flexibility index (Phi) is 3.34. The van der Waals surface area contributed by atoms with Gasteiger partial charge in [0.15, 0.2) is 0 Å². The van der Waals surface area contributed by atoms with Gasteiger partial charge in [-0.2, -0.15) is 0 Å². The van der Waals surface area contributed by atoms with Gasteiger partial charge in [0.05, 0.1) is 15.7 Å². The fraction of sp³-hybridized carbons (Fsp3) is 0.417. The molecule has 0 saturated carbocycles. The van der Waals surface area contributed by atoms with Crippen molar-refractivity contribution in [3.63, 3.8) is 0 Å². The molecule has 0 saturated heterocycles. The second-order valence-corrected chi connectivity index (χ2v) is 4.63. The van der Waals surface area contributed by atoms with Crippen molar-refractivity contribution in [1.82, 2.24) is 10.3 Å². The predicted octanol–water partition coefficient (Wildman–Crippen LogP) is 3.01. The molecule has 0 aliphatic heterocycles. The van der Waals surface area contributed by atoms with Gasteiger partial charge in [0, 0.05) is 6.54 Å². The highest BCUT2D eigenvalue weighted by Gasteiger charge is 2.09. The van der Waals surface area contributed by atoms with Crippen molar-refractivity contribution in [1.29, 1.82) is 0 Å². The van der Waals surface area contributed by atoms with Crippen LogP contribution in [0.4, 0.5) is 0 Å². The molecule has 1 atom stereocenters. The second-order valence-electron chi connectivity index (χ2n) is 3.74. The van der Waals surface area contributed by atoms with E-state index in [1.807, 2.05) is 12.6 Å².